The van der Waals surface area contributed by atoms with E-state index in [2.05, 4.69) is 123 Å². The van der Waals surface area contributed by atoms with Crippen molar-refractivity contribution >= 4 is 21.8 Å². The van der Waals surface area contributed by atoms with Gasteiger partial charge in [0.25, 0.3) is 0 Å². The zero-order valence-corrected chi connectivity index (χ0v) is 22.9. The molecule has 0 N–H and O–H groups in total. The van der Waals surface area contributed by atoms with Crippen LogP contribution in [-0.2, 0) is 5.41 Å². The summed E-state index contributed by atoms with van der Waals surface area (Å²) >= 11 is 0. The van der Waals surface area contributed by atoms with E-state index in [9.17, 15) is 0 Å². The lowest BCUT2D eigenvalue weighted by molar-refractivity contribution is 0.662. The number of hydrogen-bond acceptors (Lipinski definition) is 2. The van der Waals surface area contributed by atoms with Crippen LogP contribution in [0.25, 0.3) is 77.7 Å². The molecule has 0 amide bonds. The molecule has 0 unspecified atom stereocenters. The highest BCUT2D eigenvalue weighted by atomic mass is 14.8. The minimum Gasteiger partial charge on any atom is -0.244 e. The van der Waals surface area contributed by atoms with Crippen LogP contribution in [0.5, 0.6) is 0 Å². The fourth-order valence-electron chi connectivity index (χ4n) is 7.41. The number of aromatic nitrogens is 2. The van der Waals surface area contributed by atoms with Crippen LogP contribution in [0.1, 0.15) is 25.0 Å². The van der Waals surface area contributed by atoms with Crippen molar-refractivity contribution in [2.24, 2.45) is 0 Å². The lowest BCUT2D eigenvalue weighted by Crippen LogP contribution is -2.17. The van der Waals surface area contributed by atoms with E-state index >= 15 is 0 Å². The second-order valence-electron chi connectivity index (χ2n) is 11.7. The Morgan fingerprint density at radius 1 is 0.463 bits per heavy atom. The molecular formula is C39H26N2. The van der Waals surface area contributed by atoms with Gasteiger partial charge in [0, 0.05) is 16.5 Å². The Kier molecular flexibility index (Phi) is 4.42. The Balaban J connectivity index is 1.45. The van der Waals surface area contributed by atoms with Gasteiger partial charge in [-0.3, -0.25) is 0 Å². The first kappa shape index (κ1) is 22.7. The number of fused-ring (bicyclic) bond motifs is 3. The Morgan fingerprint density at radius 2 is 1.05 bits per heavy atom. The quantitative estimate of drug-likeness (QED) is 0.226. The molecule has 192 valence electrons. The predicted molar refractivity (Wildman–Crippen MR) is 170 cm³/mol. The van der Waals surface area contributed by atoms with Gasteiger partial charge in [0.15, 0.2) is 0 Å². The third-order valence-electron chi connectivity index (χ3n) is 9.18. The second-order valence-corrected chi connectivity index (χ2v) is 11.7. The summed E-state index contributed by atoms with van der Waals surface area (Å²) in [4.78, 5) is 10.6. The van der Waals surface area contributed by atoms with Crippen molar-refractivity contribution in [1.29, 1.82) is 0 Å². The summed E-state index contributed by atoms with van der Waals surface area (Å²) in [7, 11) is 0. The maximum atomic E-state index is 5.34. The Hall–Kier alpha value is -5.08. The van der Waals surface area contributed by atoms with Gasteiger partial charge in [-0.15, -0.1) is 0 Å². The molecule has 9 rings (SSSR count). The van der Waals surface area contributed by atoms with Gasteiger partial charge >= 0.3 is 0 Å². The molecular weight excluding hydrogens is 496 g/mol. The molecule has 0 saturated carbocycles. The standard InChI is InChI=1S/C39H26N2/c1-39(2)30-18-10-17-27-25-15-8-13-23-14-9-16-26(33(23)25)28-21-22-29(36(39)35(28)34(27)30)38-37(24-11-4-3-5-12-24)40-31-19-6-7-20-32(31)41-38/h3-22H,1-2H3. The first-order chi connectivity index (χ1) is 20.1. The van der Waals surface area contributed by atoms with Crippen LogP contribution >= 0.6 is 0 Å². The summed E-state index contributed by atoms with van der Waals surface area (Å²) in [6.45, 7) is 4.75. The largest absolute Gasteiger partial charge is 0.244 e. The van der Waals surface area contributed by atoms with E-state index in [0.717, 1.165) is 33.5 Å². The van der Waals surface area contributed by atoms with Crippen molar-refractivity contribution in [1.82, 2.24) is 9.97 Å². The maximum absolute atomic E-state index is 5.34. The zero-order chi connectivity index (χ0) is 27.3. The monoisotopic (exact) mass is 522 g/mol. The van der Waals surface area contributed by atoms with Crippen molar-refractivity contribution in [2.75, 3.05) is 0 Å². The fraction of sp³-hybridized carbons (Fsp3) is 0.0769. The Bertz CT molecular complexity index is 2220. The van der Waals surface area contributed by atoms with Crippen LogP contribution in [0.4, 0.5) is 0 Å². The molecule has 2 nitrogen and oxygen atoms in total. The van der Waals surface area contributed by atoms with Crippen LogP contribution < -0.4 is 0 Å². The summed E-state index contributed by atoms with van der Waals surface area (Å²) in [6, 6.07) is 43.6. The Labute approximate surface area is 239 Å². The molecule has 6 aromatic carbocycles. The number of para-hydroxylation sites is 2. The van der Waals surface area contributed by atoms with Crippen molar-refractivity contribution < 1.29 is 0 Å². The molecule has 7 aromatic rings. The van der Waals surface area contributed by atoms with E-state index in [1.807, 2.05) is 12.1 Å². The summed E-state index contributed by atoms with van der Waals surface area (Å²) in [6.07, 6.45) is 0. The summed E-state index contributed by atoms with van der Waals surface area (Å²) in [5.41, 5.74) is 16.4. The highest BCUT2D eigenvalue weighted by molar-refractivity contribution is 6.16. The lowest BCUT2D eigenvalue weighted by Gasteiger charge is -2.26. The van der Waals surface area contributed by atoms with Crippen LogP contribution in [0.2, 0.25) is 0 Å². The number of nitrogens with zero attached hydrogens (tertiary/aromatic N) is 2. The van der Waals surface area contributed by atoms with Gasteiger partial charge in [0.05, 0.1) is 22.4 Å². The van der Waals surface area contributed by atoms with Crippen LogP contribution in [-0.4, -0.2) is 9.97 Å². The molecule has 41 heavy (non-hydrogen) atoms. The minimum absolute atomic E-state index is 0.215. The number of rotatable bonds is 2. The average Bonchev–Trinajstić information content (AvgIpc) is 3.19. The number of hydrogen-bond donors (Lipinski definition) is 0. The van der Waals surface area contributed by atoms with Crippen molar-refractivity contribution in [3.63, 3.8) is 0 Å². The van der Waals surface area contributed by atoms with Gasteiger partial charge in [0.1, 0.15) is 0 Å². The lowest BCUT2D eigenvalue weighted by atomic mass is 9.77. The van der Waals surface area contributed by atoms with Gasteiger partial charge in [-0.05, 0) is 67.4 Å². The smallest absolute Gasteiger partial charge is 0.0976 e. The van der Waals surface area contributed by atoms with Gasteiger partial charge in [0.2, 0.25) is 0 Å². The molecule has 1 heterocycles. The molecule has 2 aliphatic carbocycles. The van der Waals surface area contributed by atoms with Crippen LogP contribution in [0, 0.1) is 0 Å². The third-order valence-corrected chi connectivity index (χ3v) is 9.18. The van der Waals surface area contributed by atoms with Gasteiger partial charge < -0.3 is 0 Å². The van der Waals surface area contributed by atoms with Crippen LogP contribution in [0.15, 0.2) is 121 Å². The molecule has 0 radical (unpaired) electrons. The van der Waals surface area contributed by atoms with E-state index in [1.165, 1.54) is 55.3 Å². The summed E-state index contributed by atoms with van der Waals surface area (Å²) < 4.78 is 0. The first-order valence-corrected chi connectivity index (χ1v) is 14.3. The van der Waals surface area contributed by atoms with E-state index in [-0.39, 0.29) is 5.41 Å². The van der Waals surface area contributed by atoms with E-state index < -0.39 is 0 Å². The summed E-state index contributed by atoms with van der Waals surface area (Å²) in [5, 5.41) is 2.61. The van der Waals surface area contributed by atoms with Crippen molar-refractivity contribution in [3.8, 4) is 55.9 Å². The molecule has 0 saturated heterocycles. The second kappa shape index (κ2) is 7.99. The maximum Gasteiger partial charge on any atom is 0.0976 e. The highest BCUT2D eigenvalue weighted by Crippen LogP contribution is 2.60. The third kappa shape index (κ3) is 2.97. The highest BCUT2D eigenvalue weighted by Gasteiger charge is 2.42. The van der Waals surface area contributed by atoms with Crippen molar-refractivity contribution in [3.05, 3.63) is 132 Å². The molecule has 0 aliphatic heterocycles. The molecule has 2 aliphatic rings. The van der Waals surface area contributed by atoms with E-state index in [4.69, 9.17) is 9.97 Å². The molecule has 1 aromatic heterocycles. The van der Waals surface area contributed by atoms with Crippen molar-refractivity contribution in [2.45, 2.75) is 19.3 Å². The fourth-order valence-corrected chi connectivity index (χ4v) is 7.41. The predicted octanol–water partition coefficient (Wildman–Crippen LogP) is 10.1. The van der Waals surface area contributed by atoms with Gasteiger partial charge in [-0.2, -0.15) is 0 Å². The normalized spacial score (nSPS) is 13.8. The Morgan fingerprint density at radius 3 is 1.78 bits per heavy atom. The topological polar surface area (TPSA) is 25.8 Å². The average molecular weight is 523 g/mol. The van der Waals surface area contributed by atoms with Gasteiger partial charge in [-0.25, -0.2) is 9.97 Å². The van der Waals surface area contributed by atoms with E-state index in [0.29, 0.717) is 0 Å². The molecule has 0 fully saturated rings. The SMILES string of the molecule is CC1(C)c2cccc3c2-c2c(ccc(-c4nc5ccccc5nc4-c4ccccc4)c21)-c1cccc2cccc-3c12. The molecule has 0 spiro atoms. The summed E-state index contributed by atoms with van der Waals surface area (Å²) in [5.74, 6) is 0. The minimum atomic E-state index is -0.215. The van der Waals surface area contributed by atoms with Gasteiger partial charge in [-0.1, -0.05) is 123 Å². The van der Waals surface area contributed by atoms with E-state index in [1.54, 1.807) is 0 Å². The molecule has 0 bridgehead atoms. The number of benzene rings is 6. The molecule has 0 atom stereocenters. The zero-order valence-electron chi connectivity index (χ0n) is 22.9. The molecule has 2 heteroatoms. The first-order valence-electron chi connectivity index (χ1n) is 14.3. The van der Waals surface area contributed by atoms with Crippen LogP contribution in [0.3, 0.4) is 0 Å².